The number of rotatable bonds is 7. The molecule has 0 spiro atoms. The minimum Gasteiger partial charge on any atom is -0.478 e. The Balaban J connectivity index is 0. The van der Waals surface area contributed by atoms with Crippen molar-refractivity contribution in [2.75, 3.05) is 0 Å². The van der Waals surface area contributed by atoms with Gasteiger partial charge in [-0.25, -0.2) is 4.79 Å². The van der Waals surface area contributed by atoms with Gasteiger partial charge in [0.15, 0.2) is 0 Å². The third-order valence-electron chi connectivity index (χ3n) is 3.90. The lowest BCUT2D eigenvalue weighted by Gasteiger charge is -2.13. The highest BCUT2D eigenvalue weighted by molar-refractivity contribution is 5.86. The van der Waals surface area contributed by atoms with Gasteiger partial charge in [0, 0.05) is 17.9 Å². The monoisotopic (exact) mass is 284 g/mol. The van der Waals surface area contributed by atoms with Gasteiger partial charge in [-0.3, -0.25) is 4.79 Å². The maximum Gasteiger partial charge on any atom is 0.331 e. The predicted octanol–water partition coefficient (Wildman–Crippen LogP) is 4.86. The molecule has 2 atom stereocenters. The summed E-state index contributed by atoms with van der Waals surface area (Å²) in [6.07, 6.45) is 3.52. The number of ketones is 1. The maximum absolute atomic E-state index is 10.7. The van der Waals surface area contributed by atoms with Crippen molar-refractivity contribution in [1.29, 1.82) is 0 Å². The van der Waals surface area contributed by atoms with E-state index < -0.39 is 5.97 Å². The highest BCUT2D eigenvalue weighted by atomic mass is 16.4. The van der Waals surface area contributed by atoms with Gasteiger partial charge in [-0.2, -0.15) is 0 Å². The summed E-state index contributed by atoms with van der Waals surface area (Å²) in [7, 11) is 0. The van der Waals surface area contributed by atoms with Crippen LogP contribution in [0.15, 0.2) is 11.1 Å². The third-order valence-corrected chi connectivity index (χ3v) is 3.90. The Morgan fingerprint density at radius 1 is 0.900 bits per heavy atom. The van der Waals surface area contributed by atoms with Gasteiger partial charge in [0.05, 0.1) is 0 Å². The first-order valence-corrected chi connectivity index (χ1v) is 7.72. The van der Waals surface area contributed by atoms with Gasteiger partial charge in [0.2, 0.25) is 0 Å². The van der Waals surface area contributed by atoms with Crippen molar-refractivity contribution in [2.24, 2.45) is 11.8 Å². The molecule has 0 saturated heterocycles. The molecular formula is C17H32O3. The predicted molar refractivity (Wildman–Crippen MR) is 84.8 cm³/mol. The summed E-state index contributed by atoms with van der Waals surface area (Å²) in [4.78, 5) is 21.4. The van der Waals surface area contributed by atoms with E-state index in [0.29, 0.717) is 23.7 Å². The molecule has 0 bridgehead atoms. The average Bonchev–Trinajstić information content (AvgIpc) is 2.46. The fourth-order valence-electron chi connectivity index (χ4n) is 1.94. The largest absolute Gasteiger partial charge is 0.478 e. The summed E-state index contributed by atoms with van der Waals surface area (Å²) >= 11 is 0. The molecular weight excluding hydrogens is 252 g/mol. The zero-order valence-corrected chi connectivity index (χ0v) is 14.2. The second-order valence-corrected chi connectivity index (χ2v) is 5.25. The Kier molecular flexibility index (Phi) is 12.4. The lowest BCUT2D eigenvalue weighted by atomic mass is 9.92. The molecule has 0 saturated carbocycles. The minimum absolute atomic E-state index is 0.278. The molecule has 0 heterocycles. The van der Waals surface area contributed by atoms with Crippen LogP contribution in [0.1, 0.15) is 74.1 Å². The molecule has 0 aromatic carbocycles. The molecule has 0 aromatic heterocycles. The summed E-state index contributed by atoms with van der Waals surface area (Å²) in [5, 5.41) is 8.77. The Morgan fingerprint density at radius 3 is 1.55 bits per heavy atom. The van der Waals surface area contributed by atoms with Crippen molar-refractivity contribution in [3.05, 3.63) is 11.1 Å². The van der Waals surface area contributed by atoms with Crippen LogP contribution in [0, 0.1) is 11.8 Å². The average molecular weight is 284 g/mol. The van der Waals surface area contributed by atoms with E-state index in [4.69, 9.17) is 5.11 Å². The molecule has 2 unspecified atom stereocenters. The van der Waals surface area contributed by atoms with E-state index in [0.717, 1.165) is 24.8 Å². The number of allylic oxidation sites excluding steroid dienone is 1. The number of carbonyl (C=O) groups is 2. The molecule has 0 rings (SSSR count). The Bertz CT molecular complexity index is 329. The van der Waals surface area contributed by atoms with Gasteiger partial charge in [-0.05, 0) is 32.1 Å². The lowest BCUT2D eigenvalue weighted by Crippen LogP contribution is -2.06. The van der Waals surface area contributed by atoms with Crippen LogP contribution in [0.3, 0.4) is 0 Å². The van der Waals surface area contributed by atoms with Crippen molar-refractivity contribution in [2.45, 2.75) is 74.1 Å². The SMILES string of the molecule is CCC(=C(C)C(=O)O)C(C)CC.CCC(=O)C(C)CC. The summed E-state index contributed by atoms with van der Waals surface area (Å²) < 4.78 is 0. The molecule has 3 nitrogen and oxygen atoms in total. The number of carboxylic acids is 1. The van der Waals surface area contributed by atoms with Crippen molar-refractivity contribution in [3.8, 4) is 0 Å². The van der Waals surface area contributed by atoms with Crippen LogP contribution >= 0.6 is 0 Å². The standard InChI is InChI=1S/C10H18O2.C7H14O/c1-5-7(3)9(6-2)8(4)10(11)12;1-4-6(3)7(8)5-2/h7H,5-6H2,1-4H3,(H,11,12);6H,4-5H2,1-3H3. The second-order valence-electron chi connectivity index (χ2n) is 5.25. The molecule has 118 valence electrons. The van der Waals surface area contributed by atoms with Gasteiger partial charge >= 0.3 is 5.97 Å². The van der Waals surface area contributed by atoms with Gasteiger partial charge in [0.25, 0.3) is 0 Å². The molecule has 3 heteroatoms. The van der Waals surface area contributed by atoms with Gasteiger partial charge in [0.1, 0.15) is 5.78 Å². The van der Waals surface area contributed by atoms with Crippen LogP contribution in [0.2, 0.25) is 0 Å². The quantitative estimate of drug-likeness (QED) is 0.679. The fourth-order valence-corrected chi connectivity index (χ4v) is 1.94. The molecule has 0 aliphatic heterocycles. The van der Waals surface area contributed by atoms with E-state index in [1.165, 1.54) is 0 Å². The van der Waals surface area contributed by atoms with Crippen LogP contribution in [-0.2, 0) is 9.59 Å². The number of carbonyl (C=O) groups excluding carboxylic acids is 1. The van der Waals surface area contributed by atoms with E-state index in [-0.39, 0.29) is 5.92 Å². The second kappa shape index (κ2) is 11.7. The molecule has 0 radical (unpaired) electrons. The van der Waals surface area contributed by atoms with Crippen LogP contribution in [0.25, 0.3) is 0 Å². The Labute approximate surface area is 124 Å². The van der Waals surface area contributed by atoms with Crippen LogP contribution < -0.4 is 0 Å². The van der Waals surface area contributed by atoms with Crippen molar-refractivity contribution in [1.82, 2.24) is 0 Å². The Morgan fingerprint density at radius 2 is 1.35 bits per heavy atom. The van der Waals surface area contributed by atoms with Crippen molar-refractivity contribution >= 4 is 11.8 Å². The van der Waals surface area contributed by atoms with Crippen LogP contribution in [0.4, 0.5) is 0 Å². The molecule has 0 aliphatic rings. The molecule has 0 amide bonds. The van der Waals surface area contributed by atoms with E-state index in [9.17, 15) is 9.59 Å². The summed E-state index contributed by atoms with van der Waals surface area (Å²) in [6.45, 7) is 13.8. The van der Waals surface area contributed by atoms with Gasteiger partial charge in [-0.15, -0.1) is 0 Å². The normalized spacial score (nSPS) is 14.6. The highest BCUT2D eigenvalue weighted by Crippen LogP contribution is 2.21. The molecule has 20 heavy (non-hydrogen) atoms. The summed E-state index contributed by atoms with van der Waals surface area (Å²) in [5.74, 6) is 0.269. The maximum atomic E-state index is 10.7. The van der Waals surface area contributed by atoms with E-state index in [1.54, 1.807) is 6.92 Å². The zero-order valence-electron chi connectivity index (χ0n) is 14.2. The third kappa shape index (κ3) is 8.13. The highest BCUT2D eigenvalue weighted by Gasteiger charge is 2.12. The number of Topliss-reactive ketones (excluding diaryl/α,β-unsaturated/α-hetero) is 1. The van der Waals surface area contributed by atoms with E-state index in [1.807, 2.05) is 27.7 Å². The molecule has 0 aromatic rings. The van der Waals surface area contributed by atoms with Crippen LogP contribution in [0.5, 0.6) is 0 Å². The first kappa shape index (κ1) is 21.2. The van der Waals surface area contributed by atoms with Crippen LogP contribution in [-0.4, -0.2) is 16.9 Å². The molecule has 0 aliphatic carbocycles. The van der Waals surface area contributed by atoms with Gasteiger partial charge < -0.3 is 5.11 Å². The number of carboxylic acid groups (broad SMARTS) is 1. The minimum atomic E-state index is -0.785. The topological polar surface area (TPSA) is 54.4 Å². The zero-order chi connectivity index (χ0) is 16.3. The Hall–Kier alpha value is -1.12. The first-order chi connectivity index (χ1) is 9.26. The van der Waals surface area contributed by atoms with E-state index in [2.05, 4.69) is 13.8 Å². The summed E-state index contributed by atoms with van der Waals surface area (Å²) in [6, 6.07) is 0. The number of aliphatic carboxylic acids is 1. The number of hydrogen-bond donors (Lipinski definition) is 1. The first-order valence-electron chi connectivity index (χ1n) is 7.72. The lowest BCUT2D eigenvalue weighted by molar-refractivity contribution is -0.132. The summed E-state index contributed by atoms with van der Waals surface area (Å²) in [5.41, 5.74) is 1.59. The molecule has 0 fully saturated rings. The van der Waals surface area contributed by atoms with Crippen molar-refractivity contribution < 1.29 is 14.7 Å². The fraction of sp³-hybridized carbons (Fsp3) is 0.765. The van der Waals surface area contributed by atoms with Gasteiger partial charge in [-0.1, -0.05) is 47.1 Å². The smallest absolute Gasteiger partial charge is 0.331 e. The van der Waals surface area contributed by atoms with E-state index >= 15 is 0 Å². The molecule has 1 N–H and O–H groups in total. The number of hydrogen-bond acceptors (Lipinski definition) is 2. The van der Waals surface area contributed by atoms with Crippen molar-refractivity contribution in [3.63, 3.8) is 0 Å².